The monoisotopic (exact) mass is 373 g/mol. The molecule has 5 rings (SSSR count). The molecule has 3 aromatic rings. The van der Waals surface area contributed by atoms with Crippen molar-refractivity contribution in [1.29, 1.82) is 0 Å². The summed E-state index contributed by atoms with van der Waals surface area (Å²) >= 11 is 0. The van der Waals surface area contributed by atoms with Gasteiger partial charge in [0, 0.05) is 30.7 Å². The normalized spacial score (nSPS) is 19.6. The number of aryl methyl sites for hydroxylation is 2. The average Bonchev–Trinajstić information content (AvgIpc) is 3.30. The summed E-state index contributed by atoms with van der Waals surface area (Å²) in [4.78, 5) is 17.2. The zero-order valence-corrected chi connectivity index (χ0v) is 15.1. The van der Waals surface area contributed by atoms with Crippen molar-refractivity contribution in [3.05, 3.63) is 29.9 Å². The van der Waals surface area contributed by atoms with Crippen LogP contribution in [0.5, 0.6) is 0 Å². The molecule has 3 heterocycles. The highest BCUT2D eigenvalue weighted by molar-refractivity contribution is 5.83. The summed E-state index contributed by atoms with van der Waals surface area (Å²) in [5.41, 5.74) is 3.34. The fraction of sp³-hybridized carbons (Fsp3) is 0.556. The molecule has 1 atom stereocenters. The van der Waals surface area contributed by atoms with Gasteiger partial charge in [-0.3, -0.25) is 0 Å². The Morgan fingerprint density at radius 2 is 2.07 bits per heavy atom. The second-order valence-electron chi connectivity index (χ2n) is 7.27. The van der Waals surface area contributed by atoms with E-state index in [9.17, 15) is 8.78 Å². The molecule has 1 saturated carbocycles. The van der Waals surface area contributed by atoms with Crippen LogP contribution in [0.15, 0.2) is 12.7 Å². The van der Waals surface area contributed by atoms with Crippen molar-refractivity contribution in [3.8, 4) is 0 Å². The van der Waals surface area contributed by atoms with Crippen molar-refractivity contribution in [2.45, 2.75) is 64.1 Å². The third-order valence-corrected chi connectivity index (χ3v) is 5.51. The van der Waals surface area contributed by atoms with E-state index in [1.54, 1.807) is 0 Å². The smallest absolute Gasteiger partial charge is 0.295 e. The largest absolute Gasteiger partial charge is 0.365 e. The van der Waals surface area contributed by atoms with Gasteiger partial charge in [0.15, 0.2) is 22.8 Å². The first-order valence-electron chi connectivity index (χ1n) is 9.46. The number of imidazole rings is 2. The van der Waals surface area contributed by atoms with Crippen LogP contribution in [-0.2, 0) is 19.4 Å². The molecule has 0 saturated heterocycles. The molecule has 0 aromatic carbocycles. The molecule has 1 N–H and O–H groups in total. The third-order valence-electron chi connectivity index (χ3n) is 5.51. The number of aromatic nitrogens is 6. The molecule has 27 heavy (non-hydrogen) atoms. The van der Waals surface area contributed by atoms with Gasteiger partial charge in [0.05, 0.1) is 12.0 Å². The maximum Gasteiger partial charge on any atom is 0.295 e. The van der Waals surface area contributed by atoms with Gasteiger partial charge in [0.2, 0.25) is 0 Å². The van der Waals surface area contributed by atoms with E-state index in [2.05, 4.69) is 29.8 Å². The Bertz CT molecular complexity index is 989. The van der Waals surface area contributed by atoms with Crippen LogP contribution in [0, 0.1) is 0 Å². The molecular weight excluding hydrogens is 352 g/mol. The van der Waals surface area contributed by atoms with Gasteiger partial charge in [-0.05, 0) is 32.6 Å². The lowest BCUT2D eigenvalue weighted by Crippen LogP contribution is -2.29. The molecule has 0 radical (unpaired) electrons. The predicted octanol–water partition coefficient (Wildman–Crippen LogP) is 3.28. The molecule has 142 valence electrons. The second-order valence-corrected chi connectivity index (χ2v) is 7.27. The van der Waals surface area contributed by atoms with E-state index in [4.69, 9.17) is 0 Å². The zero-order chi connectivity index (χ0) is 18.5. The number of halogens is 2. The first kappa shape index (κ1) is 16.6. The molecule has 0 bridgehead atoms. The number of hydrogen-bond donors (Lipinski definition) is 1. The van der Waals surface area contributed by atoms with Gasteiger partial charge in [0.1, 0.15) is 6.33 Å². The highest BCUT2D eigenvalue weighted by Crippen LogP contribution is 2.38. The Hall–Kier alpha value is -2.58. The van der Waals surface area contributed by atoms with Crippen molar-refractivity contribution in [2.75, 3.05) is 5.32 Å². The highest BCUT2D eigenvalue weighted by atomic mass is 19.3. The standard InChI is InChI=1S/C18H21F2N7/c1-2-26-17-14(25-18(26)15(19)20)16(21-8-22-17)24-10-3-6-12-13(7-10)27(9-23-12)11-4-5-11/h8-11,15H,2-7H2,1H3,(H,21,22,24)/t10-/m1/s1. The minimum Gasteiger partial charge on any atom is -0.365 e. The summed E-state index contributed by atoms with van der Waals surface area (Å²) in [6, 6.07) is 0.770. The Morgan fingerprint density at radius 3 is 2.81 bits per heavy atom. The number of fused-ring (bicyclic) bond motifs is 2. The molecule has 2 aliphatic rings. The number of nitrogens with one attached hydrogen (secondary N) is 1. The number of rotatable bonds is 5. The van der Waals surface area contributed by atoms with Crippen molar-refractivity contribution in [3.63, 3.8) is 0 Å². The first-order valence-corrected chi connectivity index (χ1v) is 9.46. The van der Waals surface area contributed by atoms with Crippen molar-refractivity contribution < 1.29 is 8.78 Å². The van der Waals surface area contributed by atoms with Gasteiger partial charge in [-0.15, -0.1) is 0 Å². The molecule has 7 nitrogen and oxygen atoms in total. The molecule has 0 amide bonds. The average molecular weight is 373 g/mol. The molecule has 0 spiro atoms. The van der Waals surface area contributed by atoms with E-state index in [1.807, 2.05) is 13.3 Å². The van der Waals surface area contributed by atoms with E-state index in [-0.39, 0.29) is 11.9 Å². The maximum atomic E-state index is 13.3. The highest BCUT2D eigenvalue weighted by Gasteiger charge is 2.31. The Kier molecular flexibility index (Phi) is 3.84. The number of alkyl halides is 2. The Labute approximate surface area is 154 Å². The first-order chi connectivity index (χ1) is 13.2. The van der Waals surface area contributed by atoms with Crippen LogP contribution in [0.4, 0.5) is 14.6 Å². The van der Waals surface area contributed by atoms with E-state index in [1.165, 1.54) is 35.1 Å². The zero-order valence-electron chi connectivity index (χ0n) is 15.1. The minimum absolute atomic E-state index is 0.173. The van der Waals surface area contributed by atoms with E-state index in [0.29, 0.717) is 29.6 Å². The van der Waals surface area contributed by atoms with Gasteiger partial charge >= 0.3 is 0 Å². The molecule has 0 unspecified atom stereocenters. The number of anilines is 1. The fourth-order valence-corrected chi connectivity index (χ4v) is 4.02. The summed E-state index contributed by atoms with van der Waals surface area (Å²) in [7, 11) is 0. The number of nitrogens with zero attached hydrogens (tertiary/aromatic N) is 6. The van der Waals surface area contributed by atoms with Gasteiger partial charge in [-0.25, -0.2) is 28.7 Å². The topological polar surface area (TPSA) is 73.5 Å². The van der Waals surface area contributed by atoms with Crippen LogP contribution in [0.25, 0.3) is 11.2 Å². The lowest BCUT2D eigenvalue weighted by molar-refractivity contribution is 0.136. The van der Waals surface area contributed by atoms with Gasteiger partial charge in [-0.1, -0.05) is 0 Å². The van der Waals surface area contributed by atoms with Crippen molar-refractivity contribution >= 4 is 17.0 Å². The van der Waals surface area contributed by atoms with Crippen LogP contribution >= 0.6 is 0 Å². The van der Waals surface area contributed by atoms with Gasteiger partial charge < -0.3 is 14.5 Å². The molecule has 3 aromatic heterocycles. The van der Waals surface area contributed by atoms with Crippen molar-refractivity contribution in [2.24, 2.45) is 0 Å². The van der Waals surface area contributed by atoms with Gasteiger partial charge in [0.25, 0.3) is 6.43 Å². The summed E-state index contributed by atoms with van der Waals surface area (Å²) in [6.45, 7) is 2.20. The van der Waals surface area contributed by atoms with E-state index >= 15 is 0 Å². The summed E-state index contributed by atoms with van der Waals surface area (Å²) in [6.07, 6.45) is 5.87. The lowest BCUT2D eigenvalue weighted by Gasteiger charge is -2.24. The lowest BCUT2D eigenvalue weighted by atomic mass is 9.95. The Balaban J connectivity index is 1.45. The summed E-state index contributed by atoms with van der Waals surface area (Å²) in [5.74, 6) is 0.272. The van der Waals surface area contributed by atoms with Gasteiger partial charge in [-0.2, -0.15) is 0 Å². The Morgan fingerprint density at radius 1 is 1.22 bits per heavy atom. The second kappa shape index (κ2) is 6.24. The molecule has 2 aliphatic carbocycles. The molecule has 1 fully saturated rings. The van der Waals surface area contributed by atoms with Crippen LogP contribution in [0.1, 0.15) is 55.9 Å². The number of hydrogen-bond acceptors (Lipinski definition) is 5. The summed E-state index contributed by atoms with van der Waals surface area (Å²) < 4.78 is 30.4. The minimum atomic E-state index is -2.64. The van der Waals surface area contributed by atoms with Crippen LogP contribution in [0.3, 0.4) is 0 Å². The van der Waals surface area contributed by atoms with Crippen molar-refractivity contribution in [1.82, 2.24) is 29.1 Å². The predicted molar refractivity (Wildman–Crippen MR) is 95.9 cm³/mol. The van der Waals surface area contributed by atoms with Crippen LogP contribution < -0.4 is 5.32 Å². The van der Waals surface area contributed by atoms with E-state index in [0.717, 1.165) is 19.3 Å². The molecular formula is C18H21F2N7. The van der Waals surface area contributed by atoms with Crippen LogP contribution in [-0.4, -0.2) is 35.1 Å². The van der Waals surface area contributed by atoms with Crippen LogP contribution in [0.2, 0.25) is 0 Å². The molecule has 9 heteroatoms. The van der Waals surface area contributed by atoms with E-state index < -0.39 is 6.43 Å². The maximum absolute atomic E-state index is 13.3. The third kappa shape index (κ3) is 2.76. The summed E-state index contributed by atoms with van der Waals surface area (Å²) in [5, 5.41) is 3.43. The SMILES string of the molecule is CCn1c(C(F)F)nc2c(N[C@@H]3CCc4ncn(C5CC5)c4C3)ncnc21. The quantitative estimate of drug-likeness (QED) is 0.743. The fourth-order valence-electron chi connectivity index (χ4n) is 4.02. The molecule has 0 aliphatic heterocycles.